The van der Waals surface area contributed by atoms with E-state index in [0.717, 1.165) is 24.1 Å². The van der Waals surface area contributed by atoms with Crippen LogP contribution in [0.15, 0.2) is 47.4 Å². The summed E-state index contributed by atoms with van der Waals surface area (Å²) in [5, 5.41) is 3.72. The highest BCUT2D eigenvalue weighted by molar-refractivity contribution is 7.89. The van der Waals surface area contributed by atoms with Crippen molar-refractivity contribution in [2.75, 3.05) is 25.0 Å². The predicted octanol–water partition coefficient (Wildman–Crippen LogP) is 3.73. The van der Waals surface area contributed by atoms with Crippen molar-refractivity contribution in [1.29, 1.82) is 0 Å². The Labute approximate surface area is 159 Å². The normalized spacial score (nSPS) is 15.2. The van der Waals surface area contributed by atoms with Crippen molar-refractivity contribution in [2.45, 2.75) is 24.7 Å². The number of carbonyl (C=O) groups excluding carboxylic acids is 1. The number of hydrogen-bond acceptors (Lipinski definition) is 4. The van der Waals surface area contributed by atoms with Crippen LogP contribution in [0.4, 0.5) is 5.69 Å². The van der Waals surface area contributed by atoms with Gasteiger partial charge in [0.2, 0.25) is 10.0 Å². The molecule has 1 aliphatic rings. The summed E-state index contributed by atoms with van der Waals surface area (Å²) in [7, 11) is -3.46. The molecule has 0 unspecified atom stereocenters. The summed E-state index contributed by atoms with van der Waals surface area (Å²) < 4.78 is 26.5. The van der Waals surface area contributed by atoms with Crippen LogP contribution < -0.4 is 5.32 Å². The zero-order valence-corrected chi connectivity index (χ0v) is 16.1. The number of nitrogens with one attached hydrogen (secondary N) is 1. The van der Waals surface area contributed by atoms with Crippen molar-refractivity contribution in [1.82, 2.24) is 4.31 Å². The summed E-state index contributed by atoms with van der Waals surface area (Å²) in [5.74, 6) is -0.116. The maximum atomic E-state index is 12.5. The number of anilines is 1. The second kappa shape index (κ2) is 7.78. The molecule has 26 heavy (non-hydrogen) atoms. The SMILES string of the molecule is Cc1c(Cl)cccc1NCC(=O)c1ccc(S(=O)(=O)N2CCCC2)cc1. The summed E-state index contributed by atoms with van der Waals surface area (Å²) >= 11 is 6.07. The van der Waals surface area contributed by atoms with Crippen LogP contribution in [0.2, 0.25) is 5.02 Å². The number of sulfonamides is 1. The second-order valence-electron chi connectivity index (χ2n) is 6.32. The van der Waals surface area contributed by atoms with Gasteiger partial charge < -0.3 is 5.32 Å². The fraction of sp³-hybridized carbons (Fsp3) is 0.316. The fourth-order valence-electron chi connectivity index (χ4n) is 2.97. The summed E-state index contributed by atoms with van der Waals surface area (Å²) in [4.78, 5) is 12.6. The zero-order valence-electron chi connectivity index (χ0n) is 14.5. The lowest BCUT2D eigenvalue weighted by Gasteiger charge is -2.15. The molecule has 0 amide bonds. The van der Waals surface area contributed by atoms with Crippen LogP contribution in [0.1, 0.15) is 28.8 Å². The molecule has 3 rings (SSSR count). The molecule has 0 atom stereocenters. The highest BCUT2D eigenvalue weighted by Crippen LogP contribution is 2.23. The lowest BCUT2D eigenvalue weighted by molar-refractivity contribution is 0.101. The van der Waals surface area contributed by atoms with E-state index in [-0.39, 0.29) is 17.2 Å². The van der Waals surface area contributed by atoms with Gasteiger partial charge in [0.25, 0.3) is 0 Å². The number of carbonyl (C=O) groups is 1. The molecule has 0 saturated carbocycles. The number of Topliss-reactive ketones (excluding diaryl/α,β-unsaturated/α-hetero) is 1. The molecule has 0 bridgehead atoms. The Morgan fingerprint density at radius 2 is 1.77 bits per heavy atom. The van der Waals surface area contributed by atoms with E-state index in [2.05, 4.69) is 5.32 Å². The van der Waals surface area contributed by atoms with Crippen LogP contribution >= 0.6 is 11.6 Å². The lowest BCUT2D eigenvalue weighted by atomic mass is 10.1. The van der Waals surface area contributed by atoms with Crippen molar-refractivity contribution in [3.05, 3.63) is 58.6 Å². The van der Waals surface area contributed by atoms with Gasteiger partial charge >= 0.3 is 0 Å². The third-order valence-electron chi connectivity index (χ3n) is 4.59. The van der Waals surface area contributed by atoms with E-state index in [1.807, 2.05) is 19.1 Å². The first-order valence-electron chi connectivity index (χ1n) is 8.52. The predicted molar refractivity (Wildman–Crippen MR) is 103 cm³/mol. The van der Waals surface area contributed by atoms with E-state index in [0.29, 0.717) is 23.7 Å². The molecule has 0 radical (unpaired) electrons. The molecular formula is C19H21ClN2O3S. The van der Waals surface area contributed by atoms with Gasteiger partial charge in [-0.2, -0.15) is 4.31 Å². The Bertz CT molecular complexity index is 905. The van der Waals surface area contributed by atoms with E-state index in [1.165, 1.54) is 16.4 Å². The molecule has 1 aliphatic heterocycles. The Kier molecular flexibility index (Phi) is 5.65. The van der Waals surface area contributed by atoms with Crippen LogP contribution in [0.25, 0.3) is 0 Å². The number of halogens is 1. The summed E-state index contributed by atoms with van der Waals surface area (Å²) in [6, 6.07) is 11.6. The molecule has 2 aromatic rings. The lowest BCUT2D eigenvalue weighted by Crippen LogP contribution is -2.27. The van der Waals surface area contributed by atoms with Crippen LogP contribution in [-0.2, 0) is 10.0 Å². The summed E-state index contributed by atoms with van der Waals surface area (Å²) in [6.07, 6.45) is 1.79. The monoisotopic (exact) mass is 392 g/mol. The van der Waals surface area contributed by atoms with Crippen LogP contribution in [0, 0.1) is 6.92 Å². The Hall–Kier alpha value is -1.89. The summed E-state index contributed by atoms with van der Waals surface area (Å²) in [5.41, 5.74) is 2.16. The number of benzene rings is 2. The van der Waals surface area contributed by atoms with Gasteiger partial charge in [-0.15, -0.1) is 0 Å². The van der Waals surface area contributed by atoms with E-state index >= 15 is 0 Å². The molecule has 0 aromatic heterocycles. The van der Waals surface area contributed by atoms with Crippen molar-refractivity contribution in [2.24, 2.45) is 0 Å². The van der Waals surface area contributed by atoms with Gasteiger partial charge in [-0.3, -0.25) is 4.79 Å². The van der Waals surface area contributed by atoms with Crippen molar-refractivity contribution in [3.63, 3.8) is 0 Å². The highest BCUT2D eigenvalue weighted by atomic mass is 35.5. The smallest absolute Gasteiger partial charge is 0.243 e. The van der Waals surface area contributed by atoms with Crippen molar-refractivity contribution < 1.29 is 13.2 Å². The average molecular weight is 393 g/mol. The minimum Gasteiger partial charge on any atom is -0.377 e. The molecule has 5 nitrogen and oxygen atoms in total. The van der Waals surface area contributed by atoms with E-state index in [4.69, 9.17) is 11.6 Å². The Balaban J connectivity index is 1.68. The molecule has 2 aromatic carbocycles. The second-order valence-corrected chi connectivity index (χ2v) is 8.67. The molecular weight excluding hydrogens is 372 g/mol. The number of nitrogens with zero attached hydrogens (tertiary/aromatic N) is 1. The molecule has 0 spiro atoms. The molecule has 1 N–H and O–H groups in total. The van der Waals surface area contributed by atoms with Gasteiger partial charge in [0, 0.05) is 29.4 Å². The number of ketones is 1. The third-order valence-corrected chi connectivity index (χ3v) is 6.91. The van der Waals surface area contributed by atoms with Gasteiger partial charge in [-0.05, 0) is 61.7 Å². The van der Waals surface area contributed by atoms with Gasteiger partial charge in [-0.1, -0.05) is 17.7 Å². The topological polar surface area (TPSA) is 66.5 Å². The van der Waals surface area contributed by atoms with Crippen molar-refractivity contribution >= 4 is 33.1 Å². The van der Waals surface area contributed by atoms with E-state index in [9.17, 15) is 13.2 Å². The maximum absolute atomic E-state index is 12.5. The molecule has 0 aliphatic carbocycles. The standard InChI is InChI=1S/C19H21ClN2O3S/c1-14-17(20)5-4-6-18(14)21-13-19(23)15-7-9-16(10-8-15)26(24,25)22-11-2-3-12-22/h4-10,21H,2-3,11-13H2,1H3. The number of hydrogen-bond donors (Lipinski definition) is 1. The highest BCUT2D eigenvalue weighted by Gasteiger charge is 2.27. The van der Waals surface area contributed by atoms with Gasteiger partial charge in [0.15, 0.2) is 5.78 Å². The average Bonchev–Trinajstić information content (AvgIpc) is 3.18. The van der Waals surface area contributed by atoms with Crippen LogP contribution in [0.5, 0.6) is 0 Å². The maximum Gasteiger partial charge on any atom is 0.243 e. The first-order valence-corrected chi connectivity index (χ1v) is 10.3. The quantitative estimate of drug-likeness (QED) is 0.760. The number of rotatable bonds is 6. The minimum atomic E-state index is -3.46. The van der Waals surface area contributed by atoms with Gasteiger partial charge in [-0.25, -0.2) is 8.42 Å². The van der Waals surface area contributed by atoms with Crippen LogP contribution in [-0.4, -0.2) is 38.1 Å². The largest absolute Gasteiger partial charge is 0.377 e. The summed E-state index contributed by atoms with van der Waals surface area (Å²) in [6.45, 7) is 3.12. The van der Waals surface area contributed by atoms with E-state index in [1.54, 1.807) is 18.2 Å². The third kappa shape index (κ3) is 3.92. The Morgan fingerprint density at radius 1 is 1.12 bits per heavy atom. The first-order chi connectivity index (χ1) is 12.4. The van der Waals surface area contributed by atoms with Crippen molar-refractivity contribution in [3.8, 4) is 0 Å². The Morgan fingerprint density at radius 3 is 2.42 bits per heavy atom. The first kappa shape index (κ1) is 18.9. The van der Waals surface area contributed by atoms with Gasteiger partial charge in [0.1, 0.15) is 0 Å². The van der Waals surface area contributed by atoms with E-state index < -0.39 is 10.0 Å². The fourth-order valence-corrected chi connectivity index (χ4v) is 4.66. The minimum absolute atomic E-state index is 0.111. The molecule has 1 saturated heterocycles. The molecule has 138 valence electrons. The van der Waals surface area contributed by atoms with Crippen LogP contribution in [0.3, 0.4) is 0 Å². The molecule has 7 heteroatoms. The molecule has 1 heterocycles. The van der Waals surface area contributed by atoms with Gasteiger partial charge in [0.05, 0.1) is 11.4 Å². The molecule has 1 fully saturated rings. The zero-order chi connectivity index (χ0) is 18.7.